The van der Waals surface area contributed by atoms with Gasteiger partial charge in [-0.3, -0.25) is 4.98 Å². The Kier molecular flexibility index (Phi) is 5.26. The third kappa shape index (κ3) is 4.09. The standard InChI is InChI=1S/C19H24N2O2/c1-23-19-7-2-15(14-8-10-20-11-9-14)12-16(19)13-21-17-3-5-18(22)6-4-17/h2,7-12,17-18,21-22H,3-6,13H2,1H3/t17-,18-. The summed E-state index contributed by atoms with van der Waals surface area (Å²) in [5.74, 6) is 0.908. The van der Waals surface area contributed by atoms with Crippen LogP contribution >= 0.6 is 0 Å². The molecule has 0 aliphatic heterocycles. The lowest BCUT2D eigenvalue weighted by Crippen LogP contribution is -2.34. The monoisotopic (exact) mass is 312 g/mol. The maximum Gasteiger partial charge on any atom is 0.123 e. The van der Waals surface area contributed by atoms with Crippen molar-refractivity contribution in [2.24, 2.45) is 0 Å². The van der Waals surface area contributed by atoms with E-state index in [-0.39, 0.29) is 6.10 Å². The minimum atomic E-state index is -0.113. The zero-order valence-corrected chi connectivity index (χ0v) is 13.5. The molecule has 1 heterocycles. The SMILES string of the molecule is COc1ccc(-c2ccncc2)cc1CN[C@H]1CC[C@H](O)CC1. The van der Waals surface area contributed by atoms with Crippen LogP contribution in [0.1, 0.15) is 31.2 Å². The summed E-state index contributed by atoms with van der Waals surface area (Å²) in [7, 11) is 1.71. The second-order valence-corrected chi connectivity index (χ2v) is 6.15. The van der Waals surface area contributed by atoms with E-state index in [1.54, 1.807) is 7.11 Å². The molecule has 2 aromatic rings. The van der Waals surface area contributed by atoms with Gasteiger partial charge >= 0.3 is 0 Å². The van der Waals surface area contributed by atoms with Gasteiger partial charge in [-0.1, -0.05) is 6.07 Å². The molecule has 1 saturated carbocycles. The van der Waals surface area contributed by atoms with E-state index in [0.717, 1.165) is 49.1 Å². The van der Waals surface area contributed by atoms with Crippen molar-refractivity contribution in [2.45, 2.75) is 44.4 Å². The summed E-state index contributed by atoms with van der Waals surface area (Å²) in [6.07, 6.45) is 7.37. The molecule has 4 heteroatoms. The van der Waals surface area contributed by atoms with Crippen molar-refractivity contribution in [2.75, 3.05) is 7.11 Å². The highest BCUT2D eigenvalue weighted by atomic mass is 16.5. The quantitative estimate of drug-likeness (QED) is 0.890. The summed E-state index contributed by atoms with van der Waals surface area (Å²) in [6, 6.07) is 10.8. The van der Waals surface area contributed by atoms with E-state index in [1.807, 2.05) is 30.6 Å². The third-order valence-electron chi connectivity index (χ3n) is 4.57. The molecule has 122 valence electrons. The first kappa shape index (κ1) is 16.0. The second-order valence-electron chi connectivity index (χ2n) is 6.15. The highest BCUT2D eigenvalue weighted by Crippen LogP contribution is 2.27. The molecule has 2 N–H and O–H groups in total. The van der Waals surface area contributed by atoms with Crippen molar-refractivity contribution >= 4 is 0 Å². The number of pyridine rings is 1. The van der Waals surface area contributed by atoms with Crippen molar-refractivity contribution in [3.05, 3.63) is 48.3 Å². The molecule has 0 bridgehead atoms. The van der Waals surface area contributed by atoms with Gasteiger partial charge in [-0.25, -0.2) is 0 Å². The van der Waals surface area contributed by atoms with Crippen LogP contribution in [0.2, 0.25) is 0 Å². The van der Waals surface area contributed by atoms with Crippen LogP contribution in [0.5, 0.6) is 5.75 Å². The molecule has 0 atom stereocenters. The average Bonchev–Trinajstić information content (AvgIpc) is 2.62. The summed E-state index contributed by atoms with van der Waals surface area (Å²) < 4.78 is 5.50. The van der Waals surface area contributed by atoms with E-state index in [1.165, 1.54) is 5.56 Å². The molecular formula is C19H24N2O2. The topological polar surface area (TPSA) is 54.4 Å². The Labute approximate surface area is 137 Å². The van der Waals surface area contributed by atoms with Crippen LogP contribution in [0.25, 0.3) is 11.1 Å². The molecule has 0 unspecified atom stereocenters. The number of aliphatic hydroxyl groups is 1. The number of aromatic nitrogens is 1. The normalized spacial score (nSPS) is 21.1. The maximum absolute atomic E-state index is 9.60. The van der Waals surface area contributed by atoms with Crippen molar-refractivity contribution in [1.29, 1.82) is 0 Å². The number of hydrogen-bond acceptors (Lipinski definition) is 4. The van der Waals surface area contributed by atoms with Crippen molar-refractivity contribution in [3.63, 3.8) is 0 Å². The molecule has 1 fully saturated rings. The number of rotatable bonds is 5. The molecule has 1 aromatic heterocycles. The Hall–Kier alpha value is -1.91. The maximum atomic E-state index is 9.60. The molecule has 0 spiro atoms. The van der Waals surface area contributed by atoms with Crippen LogP contribution in [-0.4, -0.2) is 29.3 Å². The first-order valence-corrected chi connectivity index (χ1v) is 8.25. The van der Waals surface area contributed by atoms with Crippen LogP contribution in [0, 0.1) is 0 Å². The molecule has 4 nitrogen and oxygen atoms in total. The minimum Gasteiger partial charge on any atom is -0.496 e. The summed E-state index contributed by atoms with van der Waals surface area (Å²) in [6.45, 7) is 0.781. The Morgan fingerprint density at radius 3 is 2.52 bits per heavy atom. The highest BCUT2D eigenvalue weighted by Gasteiger charge is 2.19. The molecule has 1 aliphatic rings. The van der Waals surface area contributed by atoms with E-state index in [0.29, 0.717) is 6.04 Å². The van der Waals surface area contributed by atoms with E-state index < -0.39 is 0 Å². The Balaban J connectivity index is 1.72. The number of aliphatic hydroxyl groups excluding tert-OH is 1. The van der Waals surface area contributed by atoms with Gasteiger partial charge in [-0.05, 0) is 61.1 Å². The fraction of sp³-hybridized carbons (Fsp3) is 0.421. The van der Waals surface area contributed by atoms with Gasteiger partial charge in [-0.2, -0.15) is 0 Å². The number of methoxy groups -OCH3 is 1. The number of hydrogen-bond donors (Lipinski definition) is 2. The zero-order valence-electron chi connectivity index (χ0n) is 13.5. The first-order valence-electron chi connectivity index (χ1n) is 8.25. The molecule has 0 radical (unpaired) electrons. The second kappa shape index (κ2) is 7.57. The minimum absolute atomic E-state index is 0.113. The lowest BCUT2D eigenvalue weighted by molar-refractivity contribution is 0.116. The first-order chi connectivity index (χ1) is 11.3. The Morgan fingerprint density at radius 1 is 1.09 bits per heavy atom. The molecule has 1 aromatic carbocycles. The predicted molar refractivity (Wildman–Crippen MR) is 91.3 cm³/mol. The van der Waals surface area contributed by atoms with Gasteiger partial charge in [0, 0.05) is 30.5 Å². The summed E-state index contributed by atoms with van der Waals surface area (Å²) >= 11 is 0. The van der Waals surface area contributed by atoms with Crippen molar-refractivity contribution < 1.29 is 9.84 Å². The number of nitrogens with zero attached hydrogens (tertiary/aromatic N) is 1. The van der Waals surface area contributed by atoms with Crippen molar-refractivity contribution in [1.82, 2.24) is 10.3 Å². The predicted octanol–water partition coefficient (Wildman–Crippen LogP) is 3.15. The van der Waals surface area contributed by atoms with Gasteiger partial charge in [-0.15, -0.1) is 0 Å². The van der Waals surface area contributed by atoms with Crippen LogP contribution < -0.4 is 10.1 Å². The zero-order chi connectivity index (χ0) is 16.1. The Morgan fingerprint density at radius 2 is 1.83 bits per heavy atom. The van der Waals surface area contributed by atoms with Crippen molar-refractivity contribution in [3.8, 4) is 16.9 Å². The van der Waals surface area contributed by atoms with E-state index in [9.17, 15) is 5.11 Å². The lowest BCUT2D eigenvalue weighted by Gasteiger charge is -2.26. The number of benzene rings is 1. The summed E-state index contributed by atoms with van der Waals surface area (Å²) in [5.41, 5.74) is 3.49. The highest BCUT2D eigenvalue weighted by molar-refractivity contribution is 5.65. The van der Waals surface area contributed by atoms with Crippen LogP contribution in [0.4, 0.5) is 0 Å². The smallest absolute Gasteiger partial charge is 0.123 e. The largest absolute Gasteiger partial charge is 0.496 e. The van der Waals surface area contributed by atoms with Crippen LogP contribution in [0.15, 0.2) is 42.7 Å². The van der Waals surface area contributed by atoms with Gasteiger partial charge < -0.3 is 15.2 Å². The molecule has 1 aliphatic carbocycles. The summed E-state index contributed by atoms with van der Waals surface area (Å²) in [5, 5.41) is 13.2. The number of ether oxygens (including phenoxy) is 1. The fourth-order valence-corrected chi connectivity index (χ4v) is 3.17. The van der Waals surface area contributed by atoms with Crippen LogP contribution in [0.3, 0.4) is 0 Å². The average molecular weight is 312 g/mol. The molecular weight excluding hydrogens is 288 g/mol. The van der Waals surface area contributed by atoms with Gasteiger partial charge in [0.2, 0.25) is 0 Å². The van der Waals surface area contributed by atoms with E-state index in [2.05, 4.69) is 22.4 Å². The molecule has 0 amide bonds. The van der Waals surface area contributed by atoms with Gasteiger partial charge in [0.25, 0.3) is 0 Å². The summed E-state index contributed by atoms with van der Waals surface area (Å²) in [4.78, 5) is 4.07. The lowest BCUT2D eigenvalue weighted by atomic mass is 9.93. The van der Waals surface area contributed by atoms with Gasteiger partial charge in [0.15, 0.2) is 0 Å². The molecule has 3 rings (SSSR count). The van der Waals surface area contributed by atoms with Crippen LogP contribution in [-0.2, 0) is 6.54 Å². The third-order valence-corrected chi connectivity index (χ3v) is 4.57. The molecule has 23 heavy (non-hydrogen) atoms. The van der Waals surface area contributed by atoms with E-state index >= 15 is 0 Å². The Bertz CT molecular complexity index is 623. The van der Waals surface area contributed by atoms with Gasteiger partial charge in [0.1, 0.15) is 5.75 Å². The number of nitrogens with one attached hydrogen (secondary N) is 1. The fourth-order valence-electron chi connectivity index (χ4n) is 3.17. The van der Waals surface area contributed by atoms with Gasteiger partial charge in [0.05, 0.1) is 13.2 Å². The molecule has 0 saturated heterocycles. The van der Waals surface area contributed by atoms with E-state index in [4.69, 9.17) is 4.74 Å².